The molecule has 1 atom stereocenters. The molecule has 7 nitrogen and oxygen atoms in total. The third-order valence-electron chi connectivity index (χ3n) is 5.42. The van der Waals surface area contributed by atoms with Crippen LogP contribution in [0.3, 0.4) is 0 Å². The number of ether oxygens (including phenoxy) is 1. The van der Waals surface area contributed by atoms with Gasteiger partial charge in [0.15, 0.2) is 0 Å². The van der Waals surface area contributed by atoms with Gasteiger partial charge in [0, 0.05) is 17.9 Å². The van der Waals surface area contributed by atoms with Gasteiger partial charge in [-0.1, -0.05) is 23.8 Å². The molecule has 1 aliphatic rings. The number of nitrogens with zero attached hydrogens (tertiary/aromatic N) is 2. The highest BCUT2D eigenvalue weighted by molar-refractivity contribution is 6.06. The van der Waals surface area contributed by atoms with E-state index in [2.05, 4.69) is 15.7 Å². The minimum Gasteiger partial charge on any atom is -0.368 e. The third kappa shape index (κ3) is 4.51. The first-order chi connectivity index (χ1) is 14.9. The van der Waals surface area contributed by atoms with Gasteiger partial charge in [-0.3, -0.25) is 9.59 Å². The summed E-state index contributed by atoms with van der Waals surface area (Å²) < 4.78 is 7.24. The number of hydrogen-bond donors (Lipinski definition) is 2. The molecule has 3 aromatic rings. The van der Waals surface area contributed by atoms with Crippen molar-refractivity contribution < 1.29 is 14.3 Å². The maximum atomic E-state index is 12.9. The van der Waals surface area contributed by atoms with Crippen molar-refractivity contribution >= 4 is 23.2 Å². The van der Waals surface area contributed by atoms with Crippen LogP contribution in [0.2, 0.25) is 0 Å². The third-order valence-corrected chi connectivity index (χ3v) is 5.42. The summed E-state index contributed by atoms with van der Waals surface area (Å²) >= 11 is 0. The van der Waals surface area contributed by atoms with Gasteiger partial charge >= 0.3 is 0 Å². The highest BCUT2D eigenvalue weighted by Crippen LogP contribution is 2.24. The molecule has 7 heteroatoms. The summed E-state index contributed by atoms with van der Waals surface area (Å²) in [5.41, 5.74) is 5.38. The van der Waals surface area contributed by atoms with E-state index in [1.54, 1.807) is 24.3 Å². The molecular formula is C24H26N4O3. The summed E-state index contributed by atoms with van der Waals surface area (Å²) in [5.74, 6) is -0.441. The smallest absolute Gasteiger partial charge is 0.255 e. The highest BCUT2D eigenvalue weighted by atomic mass is 16.5. The zero-order valence-corrected chi connectivity index (χ0v) is 17.9. The first-order valence-electron chi connectivity index (χ1n) is 10.4. The average molecular weight is 418 g/mol. The quantitative estimate of drug-likeness (QED) is 0.651. The largest absolute Gasteiger partial charge is 0.368 e. The number of hydrogen-bond acceptors (Lipinski definition) is 4. The lowest BCUT2D eigenvalue weighted by Crippen LogP contribution is -2.27. The summed E-state index contributed by atoms with van der Waals surface area (Å²) in [6, 6.07) is 14.9. The van der Waals surface area contributed by atoms with Gasteiger partial charge < -0.3 is 15.4 Å². The lowest BCUT2D eigenvalue weighted by molar-refractivity contribution is -0.124. The van der Waals surface area contributed by atoms with E-state index >= 15 is 0 Å². The Morgan fingerprint density at radius 2 is 1.84 bits per heavy atom. The normalized spacial score (nSPS) is 15.6. The van der Waals surface area contributed by atoms with Gasteiger partial charge in [0.1, 0.15) is 6.10 Å². The second kappa shape index (κ2) is 8.73. The number of carbonyl (C=O) groups is 2. The van der Waals surface area contributed by atoms with Crippen molar-refractivity contribution in [3.8, 4) is 5.69 Å². The van der Waals surface area contributed by atoms with Gasteiger partial charge in [-0.2, -0.15) is 5.10 Å². The van der Waals surface area contributed by atoms with E-state index in [1.165, 1.54) is 5.56 Å². The minimum absolute atomic E-state index is 0.180. The number of aryl methyl sites for hydroxylation is 2. The SMILES string of the molecule is Cc1ccc(-n2nc(C)c(NC(=O)c3cccc(NC(=O)C4CCCO4)c3)c2C)cc1. The van der Waals surface area contributed by atoms with Gasteiger partial charge in [0.2, 0.25) is 0 Å². The predicted octanol–water partition coefficient (Wildman–Crippen LogP) is 4.17. The van der Waals surface area contributed by atoms with Gasteiger partial charge in [-0.15, -0.1) is 0 Å². The van der Waals surface area contributed by atoms with Gasteiger partial charge in [0.25, 0.3) is 11.8 Å². The molecule has 1 saturated heterocycles. The van der Waals surface area contributed by atoms with E-state index in [0.29, 0.717) is 23.5 Å². The van der Waals surface area contributed by atoms with Crippen LogP contribution in [0.5, 0.6) is 0 Å². The molecule has 2 N–H and O–H groups in total. The fraction of sp³-hybridized carbons (Fsp3) is 0.292. The molecule has 0 radical (unpaired) electrons. The summed E-state index contributed by atoms with van der Waals surface area (Å²) in [5, 5.41) is 10.4. The molecule has 1 fully saturated rings. The molecule has 1 aliphatic heterocycles. The molecule has 2 aromatic carbocycles. The van der Waals surface area contributed by atoms with Crippen molar-refractivity contribution in [1.29, 1.82) is 0 Å². The van der Waals surface area contributed by atoms with E-state index in [4.69, 9.17) is 4.74 Å². The molecule has 0 spiro atoms. The predicted molar refractivity (Wildman–Crippen MR) is 120 cm³/mol. The zero-order chi connectivity index (χ0) is 22.0. The van der Waals surface area contributed by atoms with Gasteiger partial charge in [0.05, 0.1) is 22.8 Å². The standard InChI is InChI=1S/C24H26N4O3/c1-15-9-11-20(12-10-15)28-17(3)22(16(2)27-28)26-23(29)18-6-4-7-19(14-18)25-24(30)21-8-5-13-31-21/h4,6-7,9-12,14,21H,5,8,13H2,1-3H3,(H,25,30)(H,26,29). The van der Waals surface area contributed by atoms with E-state index in [-0.39, 0.29) is 11.8 Å². The Morgan fingerprint density at radius 3 is 2.55 bits per heavy atom. The topological polar surface area (TPSA) is 85.3 Å². The number of aromatic nitrogens is 2. The van der Waals surface area contributed by atoms with Crippen LogP contribution >= 0.6 is 0 Å². The Hall–Kier alpha value is -3.45. The fourth-order valence-electron chi connectivity index (χ4n) is 3.69. The van der Waals surface area contributed by atoms with Crippen molar-refractivity contribution in [3.05, 3.63) is 71.0 Å². The average Bonchev–Trinajstić information content (AvgIpc) is 3.39. The van der Waals surface area contributed by atoms with Crippen LogP contribution in [-0.2, 0) is 9.53 Å². The Bertz CT molecular complexity index is 1110. The number of amides is 2. The molecule has 2 heterocycles. The van der Waals surface area contributed by atoms with Crippen LogP contribution in [0.15, 0.2) is 48.5 Å². The van der Waals surface area contributed by atoms with Gasteiger partial charge in [-0.05, 0) is 63.9 Å². The lowest BCUT2D eigenvalue weighted by atomic mass is 10.1. The second-order valence-corrected chi connectivity index (χ2v) is 7.82. The zero-order valence-electron chi connectivity index (χ0n) is 17.9. The first kappa shape index (κ1) is 20.8. The van der Waals surface area contributed by atoms with E-state index in [9.17, 15) is 9.59 Å². The molecule has 0 bridgehead atoms. The van der Waals surface area contributed by atoms with E-state index < -0.39 is 6.10 Å². The molecular weight excluding hydrogens is 392 g/mol. The van der Waals surface area contributed by atoms with Crippen LogP contribution in [0, 0.1) is 20.8 Å². The van der Waals surface area contributed by atoms with Crippen molar-refractivity contribution in [3.63, 3.8) is 0 Å². The van der Waals surface area contributed by atoms with Crippen LogP contribution in [0.25, 0.3) is 5.69 Å². The second-order valence-electron chi connectivity index (χ2n) is 7.82. The van der Waals surface area contributed by atoms with Crippen LogP contribution in [0.1, 0.15) is 40.2 Å². The molecule has 1 aromatic heterocycles. The number of anilines is 2. The Balaban J connectivity index is 1.51. The van der Waals surface area contributed by atoms with Gasteiger partial charge in [-0.25, -0.2) is 4.68 Å². The Kier molecular flexibility index (Phi) is 5.86. The summed E-state index contributed by atoms with van der Waals surface area (Å²) in [4.78, 5) is 25.2. The van der Waals surface area contributed by atoms with Crippen LogP contribution in [0.4, 0.5) is 11.4 Å². The number of benzene rings is 2. The Morgan fingerprint density at radius 1 is 1.06 bits per heavy atom. The van der Waals surface area contributed by atoms with Crippen molar-refractivity contribution in [2.75, 3.05) is 17.2 Å². The number of nitrogens with one attached hydrogen (secondary N) is 2. The van der Waals surface area contributed by atoms with Crippen LogP contribution in [-0.4, -0.2) is 34.3 Å². The first-order valence-corrected chi connectivity index (χ1v) is 10.4. The van der Waals surface area contributed by atoms with Crippen molar-refractivity contribution in [2.45, 2.75) is 39.7 Å². The van der Waals surface area contributed by atoms with Crippen molar-refractivity contribution in [2.24, 2.45) is 0 Å². The molecule has 0 saturated carbocycles. The van der Waals surface area contributed by atoms with E-state index in [1.807, 2.05) is 49.7 Å². The minimum atomic E-state index is -0.421. The van der Waals surface area contributed by atoms with Crippen LogP contribution < -0.4 is 10.6 Å². The summed E-state index contributed by atoms with van der Waals surface area (Å²) in [7, 11) is 0. The summed E-state index contributed by atoms with van der Waals surface area (Å²) in [6.45, 7) is 6.43. The molecule has 0 aliphatic carbocycles. The fourth-order valence-corrected chi connectivity index (χ4v) is 3.69. The monoisotopic (exact) mass is 418 g/mol. The summed E-state index contributed by atoms with van der Waals surface area (Å²) in [6.07, 6.45) is 1.18. The maximum Gasteiger partial charge on any atom is 0.255 e. The number of carbonyl (C=O) groups excluding carboxylic acids is 2. The highest BCUT2D eigenvalue weighted by Gasteiger charge is 2.24. The van der Waals surface area contributed by atoms with Crippen molar-refractivity contribution in [1.82, 2.24) is 9.78 Å². The molecule has 160 valence electrons. The van der Waals surface area contributed by atoms with E-state index in [0.717, 1.165) is 29.9 Å². The maximum absolute atomic E-state index is 12.9. The molecule has 2 amide bonds. The Labute approximate surface area is 181 Å². The molecule has 31 heavy (non-hydrogen) atoms. The molecule has 4 rings (SSSR count). The lowest BCUT2D eigenvalue weighted by Gasteiger charge is -2.12. The molecule has 1 unspecified atom stereocenters. The number of rotatable bonds is 5.